The molecular formula is C10H17NO2. The number of hydrogen-bond acceptors (Lipinski definition) is 2. The number of carbonyl (C=O) groups is 1. The minimum absolute atomic E-state index is 0.437. The van der Waals surface area contributed by atoms with Crippen LogP contribution in [0.1, 0.15) is 27.7 Å². The van der Waals surface area contributed by atoms with Gasteiger partial charge in [-0.05, 0) is 33.8 Å². The molecule has 1 N–H and O–H groups in total. The van der Waals surface area contributed by atoms with E-state index < -0.39 is 11.7 Å². The number of nitrogens with one attached hydrogen (secondary N) is 1. The lowest BCUT2D eigenvalue weighted by Crippen LogP contribution is -2.29. The standard InChI is InChI=1S/C10H17NO2/c1-5-6-7-8-11-9(12)13-10(2,3)4/h5-8H,1-4H3,(H,11,12)/b6-5?,8-7+. The summed E-state index contributed by atoms with van der Waals surface area (Å²) >= 11 is 0. The molecule has 0 atom stereocenters. The molecule has 0 spiro atoms. The van der Waals surface area contributed by atoms with E-state index >= 15 is 0 Å². The van der Waals surface area contributed by atoms with Crippen molar-refractivity contribution in [1.29, 1.82) is 0 Å². The second-order valence-corrected chi connectivity index (χ2v) is 3.53. The molecular weight excluding hydrogens is 166 g/mol. The van der Waals surface area contributed by atoms with E-state index in [9.17, 15) is 4.79 Å². The van der Waals surface area contributed by atoms with Crippen LogP contribution < -0.4 is 5.32 Å². The van der Waals surface area contributed by atoms with Crippen molar-refractivity contribution >= 4 is 6.09 Å². The van der Waals surface area contributed by atoms with E-state index in [1.807, 2.05) is 39.8 Å². The molecule has 0 aliphatic heterocycles. The van der Waals surface area contributed by atoms with E-state index in [-0.39, 0.29) is 0 Å². The van der Waals surface area contributed by atoms with Crippen molar-refractivity contribution in [2.45, 2.75) is 33.3 Å². The van der Waals surface area contributed by atoms with Crippen LogP contribution in [0, 0.1) is 0 Å². The quantitative estimate of drug-likeness (QED) is 0.668. The fraction of sp³-hybridized carbons (Fsp3) is 0.500. The summed E-state index contributed by atoms with van der Waals surface area (Å²) in [5, 5.41) is 2.48. The first-order valence-electron chi connectivity index (χ1n) is 4.23. The Morgan fingerprint density at radius 2 is 1.92 bits per heavy atom. The first-order valence-corrected chi connectivity index (χ1v) is 4.23. The van der Waals surface area contributed by atoms with Crippen LogP contribution in [0.25, 0.3) is 0 Å². The third kappa shape index (κ3) is 8.66. The highest BCUT2D eigenvalue weighted by atomic mass is 16.6. The highest BCUT2D eigenvalue weighted by Gasteiger charge is 2.14. The van der Waals surface area contributed by atoms with Crippen LogP contribution >= 0.6 is 0 Å². The maximum Gasteiger partial charge on any atom is 0.411 e. The first-order chi connectivity index (χ1) is 5.95. The topological polar surface area (TPSA) is 38.3 Å². The van der Waals surface area contributed by atoms with Gasteiger partial charge < -0.3 is 4.74 Å². The summed E-state index contributed by atoms with van der Waals surface area (Å²) in [7, 11) is 0. The molecule has 74 valence electrons. The van der Waals surface area contributed by atoms with Gasteiger partial charge in [0, 0.05) is 6.20 Å². The van der Waals surface area contributed by atoms with Gasteiger partial charge in [0.05, 0.1) is 0 Å². The monoisotopic (exact) mass is 183 g/mol. The summed E-state index contributed by atoms with van der Waals surface area (Å²) in [5.74, 6) is 0. The van der Waals surface area contributed by atoms with E-state index in [1.165, 1.54) is 6.20 Å². The van der Waals surface area contributed by atoms with Gasteiger partial charge in [-0.15, -0.1) is 0 Å². The zero-order valence-corrected chi connectivity index (χ0v) is 8.63. The Balaban J connectivity index is 3.76. The van der Waals surface area contributed by atoms with Crippen LogP contribution in [0.2, 0.25) is 0 Å². The minimum atomic E-state index is -0.446. The van der Waals surface area contributed by atoms with Crippen molar-refractivity contribution in [3.8, 4) is 0 Å². The predicted octanol–water partition coefficient (Wildman–Crippen LogP) is 2.60. The second-order valence-electron chi connectivity index (χ2n) is 3.53. The number of hydrogen-bond donors (Lipinski definition) is 1. The van der Waals surface area contributed by atoms with E-state index in [1.54, 1.807) is 6.08 Å². The SMILES string of the molecule is CC=C/C=C/NC(=O)OC(C)(C)C. The average Bonchev–Trinajstić information content (AvgIpc) is 1.94. The smallest absolute Gasteiger partial charge is 0.411 e. The lowest BCUT2D eigenvalue weighted by atomic mass is 10.2. The van der Waals surface area contributed by atoms with Gasteiger partial charge in [-0.25, -0.2) is 4.79 Å². The molecule has 0 saturated heterocycles. The largest absolute Gasteiger partial charge is 0.444 e. The molecule has 0 heterocycles. The van der Waals surface area contributed by atoms with Gasteiger partial charge in [0.1, 0.15) is 5.60 Å². The summed E-state index contributed by atoms with van der Waals surface area (Å²) in [6.07, 6.45) is 6.51. The van der Waals surface area contributed by atoms with Crippen molar-refractivity contribution in [3.05, 3.63) is 24.4 Å². The Hall–Kier alpha value is -1.25. The summed E-state index contributed by atoms with van der Waals surface area (Å²) in [5.41, 5.74) is -0.446. The first kappa shape index (κ1) is 11.8. The maximum atomic E-state index is 11.0. The Bertz CT molecular complexity index is 211. The average molecular weight is 183 g/mol. The van der Waals surface area contributed by atoms with Gasteiger partial charge in [-0.1, -0.05) is 12.2 Å². The van der Waals surface area contributed by atoms with Crippen LogP contribution in [-0.4, -0.2) is 11.7 Å². The Labute approximate surface area is 79.5 Å². The van der Waals surface area contributed by atoms with Gasteiger partial charge in [-0.2, -0.15) is 0 Å². The van der Waals surface area contributed by atoms with Gasteiger partial charge in [-0.3, -0.25) is 5.32 Å². The fourth-order valence-corrected chi connectivity index (χ4v) is 0.590. The van der Waals surface area contributed by atoms with Crippen molar-refractivity contribution in [2.24, 2.45) is 0 Å². The number of alkyl carbamates (subject to hydrolysis) is 1. The number of carbonyl (C=O) groups excluding carboxylic acids is 1. The van der Waals surface area contributed by atoms with Crippen LogP contribution in [0.3, 0.4) is 0 Å². The molecule has 0 saturated carbocycles. The molecule has 0 radical (unpaired) electrons. The van der Waals surface area contributed by atoms with E-state index in [0.717, 1.165) is 0 Å². The molecule has 3 nitrogen and oxygen atoms in total. The fourth-order valence-electron chi connectivity index (χ4n) is 0.590. The molecule has 3 heteroatoms. The molecule has 0 unspecified atom stereocenters. The molecule has 0 rings (SSSR count). The zero-order chi connectivity index (χ0) is 10.3. The normalized spacial score (nSPS) is 12.3. The Kier molecular flexibility index (Phi) is 4.89. The molecule has 0 bridgehead atoms. The van der Waals surface area contributed by atoms with Crippen LogP contribution in [0.15, 0.2) is 24.4 Å². The molecule has 0 aromatic heterocycles. The number of amides is 1. The molecule has 0 aliphatic rings. The zero-order valence-electron chi connectivity index (χ0n) is 8.63. The van der Waals surface area contributed by atoms with Crippen molar-refractivity contribution in [2.75, 3.05) is 0 Å². The van der Waals surface area contributed by atoms with E-state index in [4.69, 9.17) is 4.74 Å². The molecule has 0 aliphatic carbocycles. The third-order valence-electron chi connectivity index (χ3n) is 1.000. The summed E-state index contributed by atoms with van der Waals surface area (Å²) in [4.78, 5) is 11.0. The van der Waals surface area contributed by atoms with E-state index in [0.29, 0.717) is 0 Å². The van der Waals surface area contributed by atoms with Crippen LogP contribution in [0.5, 0.6) is 0 Å². The molecule has 0 aromatic carbocycles. The lowest BCUT2D eigenvalue weighted by Gasteiger charge is -2.18. The maximum absolute atomic E-state index is 11.0. The predicted molar refractivity (Wildman–Crippen MR) is 53.3 cm³/mol. The van der Waals surface area contributed by atoms with Gasteiger partial charge in [0.15, 0.2) is 0 Å². The van der Waals surface area contributed by atoms with Crippen molar-refractivity contribution in [3.63, 3.8) is 0 Å². The van der Waals surface area contributed by atoms with Gasteiger partial charge >= 0.3 is 6.09 Å². The Morgan fingerprint density at radius 1 is 1.31 bits per heavy atom. The molecule has 13 heavy (non-hydrogen) atoms. The van der Waals surface area contributed by atoms with E-state index in [2.05, 4.69) is 5.32 Å². The lowest BCUT2D eigenvalue weighted by molar-refractivity contribution is 0.0552. The van der Waals surface area contributed by atoms with Crippen molar-refractivity contribution in [1.82, 2.24) is 5.32 Å². The van der Waals surface area contributed by atoms with Crippen LogP contribution in [0.4, 0.5) is 4.79 Å². The highest BCUT2D eigenvalue weighted by Crippen LogP contribution is 2.06. The van der Waals surface area contributed by atoms with Crippen LogP contribution in [-0.2, 0) is 4.74 Å². The van der Waals surface area contributed by atoms with Gasteiger partial charge in [0.25, 0.3) is 0 Å². The number of allylic oxidation sites excluding steroid dienone is 3. The summed E-state index contributed by atoms with van der Waals surface area (Å²) in [6.45, 7) is 7.37. The second kappa shape index (κ2) is 5.41. The third-order valence-corrected chi connectivity index (χ3v) is 1.000. The summed E-state index contributed by atoms with van der Waals surface area (Å²) in [6, 6.07) is 0. The molecule has 0 aromatic rings. The highest BCUT2D eigenvalue weighted by molar-refractivity contribution is 5.68. The van der Waals surface area contributed by atoms with Gasteiger partial charge in [0.2, 0.25) is 0 Å². The summed E-state index contributed by atoms with van der Waals surface area (Å²) < 4.78 is 4.99. The van der Waals surface area contributed by atoms with Crippen molar-refractivity contribution < 1.29 is 9.53 Å². The Morgan fingerprint density at radius 3 is 2.38 bits per heavy atom. The number of rotatable bonds is 2. The minimum Gasteiger partial charge on any atom is -0.444 e. The number of ether oxygens (including phenoxy) is 1. The molecule has 0 fully saturated rings. The molecule has 1 amide bonds.